The first-order valence-electron chi connectivity index (χ1n) is 18.7. The van der Waals surface area contributed by atoms with Gasteiger partial charge in [0.1, 0.15) is 0 Å². The predicted octanol–water partition coefficient (Wildman–Crippen LogP) is 13.4. The fourth-order valence-electron chi connectivity index (χ4n) is 6.58. The van der Waals surface area contributed by atoms with Crippen molar-refractivity contribution in [2.75, 3.05) is 0 Å². The molecule has 3 heteroatoms. The normalized spacial score (nSPS) is 12.5. The molecule has 0 aliphatic rings. The van der Waals surface area contributed by atoms with E-state index in [1.807, 2.05) is 72.9 Å². The molecule has 0 aliphatic carbocycles. The molecule has 0 unspecified atom stereocenters. The number of aliphatic imine (C=N–C) groups is 2. The number of hydrogen-bond donors (Lipinski definition) is 0. The number of rotatable bonds is 12. The number of aromatic nitrogens is 1. The molecule has 56 heavy (non-hydrogen) atoms. The van der Waals surface area contributed by atoms with E-state index in [0.717, 1.165) is 89.6 Å². The summed E-state index contributed by atoms with van der Waals surface area (Å²) in [4.78, 5) is 15.1. The molecule has 3 nitrogen and oxygen atoms in total. The number of allylic oxidation sites excluding steroid dienone is 4. The summed E-state index contributed by atoms with van der Waals surface area (Å²) in [6.07, 6.45) is 5.75. The maximum Gasteiger partial charge on any atom is 0.0781 e. The Balaban J connectivity index is 1.34. The largest absolute Gasteiger partial charge is 0.264 e. The Labute approximate surface area is 330 Å². The summed E-state index contributed by atoms with van der Waals surface area (Å²) in [7, 11) is 0. The van der Waals surface area contributed by atoms with Gasteiger partial charge in [-0.3, -0.25) is 9.98 Å². The molecule has 0 N–H and O–H groups in total. The molecular formula is C53H43N3. The van der Waals surface area contributed by atoms with E-state index in [0.29, 0.717) is 0 Å². The lowest BCUT2D eigenvalue weighted by molar-refractivity contribution is 1.33. The summed E-state index contributed by atoms with van der Waals surface area (Å²) in [5.41, 5.74) is 15.4. The number of pyridine rings is 1. The van der Waals surface area contributed by atoms with Crippen molar-refractivity contribution < 1.29 is 0 Å². The quantitative estimate of drug-likeness (QED) is 0.0703. The van der Waals surface area contributed by atoms with Gasteiger partial charge in [0.25, 0.3) is 0 Å². The predicted molar refractivity (Wildman–Crippen MR) is 239 cm³/mol. The molecule has 270 valence electrons. The second kappa shape index (κ2) is 17.7. The van der Waals surface area contributed by atoms with Crippen LogP contribution in [0.3, 0.4) is 0 Å². The third kappa shape index (κ3) is 8.93. The minimum atomic E-state index is 0.821. The van der Waals surface area contributed by atoms with Gasteiger partial charge in [-0.1, -0.05) is 177 Å². The Morgan fingerprint density at radius 3 is 1.66 bits per heavy atom. The third-order valence-corrected chi connectivity index (χ3v) is 9.69. The average molecular weight is 722 g/mol. The van der Waals surface area contributed by atoms with E-state index in [1.165, 1.54) is 0 Å². The summed E-state index contributed by atoms with van der Waals surface area (Å²) < 4.78 is 0. The lowest BCUT2D eigenvalue weighted by Gasteiger charge is -2.16. The molecule has 0 amide bonds. The Kier molecular flexibility index (Phi) is 11.7. The zero-order valence-corrected chi connectivity index (χ0v) is 31.8. The van der Waals surface area contributed by atoms with Crippen LogP contribution in [-0.2, 0) is 0 Å². The molecule has 0 saturated heterocycles. The van der Waals surface area contributed by atoms with Crippen molar-refractivity contribution in [1.82, 2.24) is 4.98 Å². The molecule has 7 rings (SSSR count). The molecule has 0 atom stereocenters. The molecule has 1 heterocycles. The minimum absolute atomic E-state index is 0.821. The first-order chi connectivity index (χ1) is 27.4. The van der Waals surface area contributed by atoms with Crippen molar-refractivity contribution in [2.24, 2.45) is 9.98 Å². The smallest absolute Gasteiger partial charge is 0.0781 e. The van der Waals surface area contributed by atoms with Gasteiger partial charge >= 0.3 is 0 Å². The van der Waals surface area contributed by atoms with Crippen molar-refractivity contribution in [2.45, 2.75) is 13.8 Å². The van der Waals surface area contributed by atoms with Gasteiger partial charge < -0.3 is 0 Å². The molecule has 7 aromatic rings. The first kappa shape index (κ1) is 37.1. The van der Waals surface area contributed by atoms with Gasteiger partial charge in [-0.25, -0.2) is 4.99 Å². The molecule has 0 bridgehead atoms. The molecular weight excluding hydrogens is 679 g/mol. The van der Waals surface area contributed by atoms with Gasteiger partial charge in [-0.15, -0.1) is 0 Å². The fraction of sp³-hybridized carbons (Fsp3) is 0.0377. The summed E-state index contributed by atoms with van der Waals surface area (Å²) >= 11 is 0. The molecule has 0 fully saturated rings. The number of hydrogen-bond acceptors (Lipinski definition) is 3. The summed E-state index contributed by atoms with van der Waals surface area (Å²) in [6, 6.07) is 62.2. The Morgan fingerprint density at radius 2 is 1.02 bits per heavy atom. The van der Waals surface area contributed by atoms with Crippen LogP contribution in [0.25, 0.3) is 39.2 Å². The Morgan fingerprint density at radius 1 is 0.482 bits per heavy atom. The minimum Gasteiger partial charge on any atom is -0.264 e. The second-order valence-corrected chi connectivity index (χ2v) is 13.5. The lowest BCUT2D eigenvalue weighted by atomic mass is 9.95. The van der Waals surface area contributed by atoms with Crippen LogP contribution < -0.4 is 0 Å². The fourth-order valence-corrected chi connectivity index (χ4v) is 6.58. The standard InChI is InChI=1S/C53H43N3/c1-38(42-20-9-5-10-21-42)34-51(49-31-18-30-48(36-49)50-32-19-33-54-37-50)55-41(4)47-29-17-28-46(35-47)40(3)53(45-26-15-8-16-27-45)56-52(44-24-13-7-14-25-44)39(2)43-22-11-6-12-23-43/h5-37H,1-2H2,3-4H3/b51-34-,53-40+,55-41+,56-52+. The van der Waals surface area contributed by atoms with E-state index in [4.69, 9.17) is 9.98 Å². The maximum absolute atomic E-state index is 5.47. The summed E-state index contributed by atoms with van der Waals surface area (Å²) in [5.74, 6) is 0. The highest BCUT2D eigenvalue weighted by Crippen LogP contribution is 2.32. The van der Waals surface area contributed by atoms with E-state index in [1.54, 1.807) is 6.20 Å². The molecule has 0 saturated carbocycles. The maximum atomic E-state index is 5.47. The Hall–Kier alpha value is -7.23. The van der Waals surface area contributed by atoms with Crippen LogP contribution >= 0.6 is 0 Å². The molecule has 1 aromatic heterocycles. The average Bonchev–Trinajstić information content (AvgIpc) is 3.27. The first-order valence-corrected chi connectivity index (χ1v) is 18.7. The van der Waals surface area contributed by atoms with E-state index < -0.39 is 0 Å². The third-order valence-electron chi connectivity index (χ3n) is 9.69. The SMILES string of the molecule is C=C(/C=C(\N=C(/C)c1cccc(/C(C)=C(/N=C(\C(=C)c2ccccc2)c2ccccc2)c2ccccc2)c1)c1cccc(-c2cccnc2)c1)c1ccccc1. The highest BCUT2D eigenvalue weighted by Gasteiger charge is 2.16. The van der Waals surface area contributed by atoms with Gasteiger partial charge in [0.05, 0.1) is 17.1 Å². The van der Waals surface area contributed by atoms with E-state index >= 15 is 0 Å². The summed E-state index contributed by atoms with van der Waals surface area (Å²) in [6.45, 7) is 13.2. The van der Waals surface area contributed by atoms with E-state index in [2.05, 4.69) is 153 Å². The highest BCUT2D eigenvalue weighted by molar-refractivity contribution is 6.32. The van der Waals surface area contributed by atoms with Crippen LogP contribution in [0, 0.1) is 0 Å². The number of nitrogens with zero attached hydrogens (tertiary/aromatic N) is 3. The van der Waals surface area contributed by atoms with Crippen LogP contribution in [0.1, 0.15) is 52.8 Å². The van der Waals surface area contributed by atoms with Crippen molar-refractivity contribution in [3.63, 3.8) is 0 Å². The van der Waals surface area contributed by atoms with Crippen LogP contribution in [0.5, 0.6) is 0 Å². The highest BCUT2D eigenvalue weighted by atomic mass is 14.8. The number of benzene rings is 6. The molecule has 6 aromatic carbocycles. The van der Waals surface area contributed by atoms with E-state index in [9.17, 15) is 0 Å². The van der Waals surface area contributed by atoms with Crippen LogP contribution in [-0.4, -0.2) is 16.4 Å². The van der Waals surface area contributed by atoms with Crippen molar-refractivity contribution in [3.05, 3.63) is 253 Å². The van der Waals surface area contributed by atoms with Crippen molar-refractivity contribution in [3.8, 4) is 11.1 Å². The van der Waals surface area contributed by atoms with Crippen LogP contribution in [0.2, 0.25) is 0 Å². The zero-order chi connectivity index (χ0) is 38.7. The zero-order valence-electron chi connectivity index (χ0n) is 31.8. The van der Waals surface area contributed by atoms with E-state index in [-0.39, 0.29) is 0 Å². The lowest BCUT2D eigenvalue weighted by Crippen LogP contribution is -2.05. The van der Waals surface area contributed by atoms with Gasteiger partial charge in [0.2, 0.25) is 0 Å². The van der Waals surface area contributed by atoms with Crippen molar-refractivity contribution >= 4 is 39.5 Å². The van der Waals surface area contributed by atoms with Gasteiger partial charge in [-0.05, 0) is 77.1 Å². The monoisotopic (exact) mass is 721 g/mol. The molecule has 0 radical (unpaired) electrons. The summed E-state index contributed by atoms with van der Waals surface area (Å²) in [5, 5.41) is 0. The topological polar surface area (TPSA) is 37.6 Å². The molecule has 0 aliphatic heterocycles. The van der Waals surface area contributed by atoms with Crippen LogP contribution in [0.15, 0.2) is 224 Å². The molecule has 0 spiro atoms. The van der Waals surface area contributed by atoms with Crippen molar-refractivity contribution in [1.29, 1.82) is 0 Å². The van der Waals surface area contributed by atoms with Crippen LogP contribution in [0.4, 0.5) is 0 Å². The van der Waals surface area contributed by atoms with Gasteiger partial charge in [0.15, 0.2) is 0 Å². The Bertz CT molecular complexity index is 2580. The van der Waals surface area contributed by atoms with Gasteiger partial charge in [0, 0.05) is 45.9 Å². The van der Waals surface area contributed by atoms with Gasteiger partial charge in [-0.2, -0.15) is 0 Å². The second-order valence-electron chi connectivity index (χ2n) is 13.5.